The SMILES string of the molecule is CCCCCCCCC/C=C(\C)CC. The molecule has 0 saturated heterocycles. The van der Waals surface area contributed by atoms with Crippen molar-refractivity contribution in [3.05, 3.63) is 11.6 Å². The first kappa shape index (κ1) is 13.7. The van der Waals surface area contributed by atoms with Crippen LogP contribution in [-0.2, 0) is 0 Å². The zero-order chi connectivity index (χ0) is 10.6. The summed E-state index contributed by atoms with van der Waals surface area (Å²) in [5, 5.41) is 0. The van der Waals surface area contributed by atoms with Crippen LogP contribution < -0.4 is 0 Å². The lowest BCUT2D eigenvalue weighted by Gasteiger charge is -1.99. The van der Waals surface area contributed by atoms with Gasteiger partial charge in [0.05, 0.1) is 0 Å². The molecule has 0 spiro atoms. The Kier molecular flexibility index (Phi) is 10.6. The molecular weight excluding hydrogens is 168 g/mol. The van der Waals surface area contributed by atoms with Gasteiger partial charge in [0.15, 0.2) is 0 Å². The molecule has 0 radical (unpaired) electrons. The molecule has 0 unspecified atom stereocenters. The third kappa shape index (κ3) is 9.83. The molecule has 0 rings (SSSR count). The number of rotatable bonds is 9. The van der Waals surface area contributed by atoms with E-state index in [-0.39, 0.29) is 0 Å². The van der Waals surface area contributed by atoms with Crippen molar-refractivity contribution in [3.63, 3.8) is 0 Å². The summed E-state index contributed by atoms with van der Waals surface area (Å²) in [7, 11) is 0. The number of unbranched alkanes of at least 4 members (excludes halogenated alkanes) is 7. The van der Waals surface area contributed by atoms with Crippen molar-refractivity contribution >= 4 is 0 Å². The molecule has 0 saturated carbocycles. The van der Waals surface area contributed by atoms with Crippen LogP contribution in [0, 0.1) is 0 Å². The van der Waals surface area contributed by atoms with Crippen molar-refractivity contribution in [2.24, 2.45) is 0 Å². The molecule has 0 heterocycles. The molecule has 0 amide bonds. The standard InChI is InChI=1S/C14H28/c1-4-6-7-8-9-10-11-12-13-14(3)5-2/h13H,4-12H2,1-3H3/b14-13+. The summed E-state index contributed by atoms with van der Waals surface area (Å²) in [6.45, 7) is 6.75. The quantitative estimate of drug-likeness (QED) is 0.338. The van der Waals surface area contributed by atoms with Crippen LogP contribution in [0.3, 0.4) is 0 Å². The molecule has 0 aliphatic heterocycles. The van der Waals surface area contributed by atoms with Gasteiger partial charge < -0.3 is 0 Å². The highest BCUT2D eigenvalue weighted by atomic mass is 14.0. The van der Waals surface area contributed by atoms with Gasteiger partial charge in [-0.25, -0.2) is 0 Å². The third-order valence-electron chi connectivity index (χ3n) is 2.86. The predicted octanol–water partition coefficient (Wildman–Crippen LogP) is 5.48. The number of hydrogen-bond acceptors (Lipinski definition) is 0. The average Bonchev–Trinajstić information content (AvgIpc) is 2.21. The summed E-state index contributed by atoms with van der Waals surface area (Å²) >= 11 is 0. The van der Waals surface area contributed by atoms with Crippen LogP contribution >= 0.6 is 0 Å². The van der Waals surface area contributed by atoms with E-state index >= 15 is 0 Å². The summed E-state index contributed by atoms with van der Waals surface area (Å²) in [6.07, 6.45) is 14.9. The number of hydrogen-bond donors (Lipinski definition) is 0. The highest BCUT2D eigenvalue weighted by Gasteiger charge is 1.90. The highest BCUT2D eigenvalue weighted by Crippen LogP contribution is 2.10. The normalized spacial score (nSPS) is 12.1. The van der Waals surface area contributed by atoms with E-state index in [4.69, 9.17) is 0 Å². The van der Waals surface area contributed by atoms with E-state index in [9.17, 15) is 0 Å². The minimum absolute atomic E-state index is 1.22. The zero-order valence-corrected chi connectivity index (χ0v) is 10.4. The molecule has 0 nitrogen and oxygen atoms in total. The Bertz CT molecular complexity index is 133. The Morgan fingerprint density at radius 1 is 0.857 bits per heavy atom. The zero-order valence-electron chi connectivity index (χ0n) is 10.4. The van der Waals surface area contributed by atoms with Crippen LogP contribution in [0.1, 0.15) is 78.6 Å². The molecule has 0 aliphatic carbocycles. The molecule has 14 heavy (non-hydrogen) atoms. The second-order valence-corrected chi connectivity index (χ2v) is 4.31. The van der Waals surface area contributed by atoms with Crippen molar-refractivity contribution in [2.75, 3.05) is 0 Å². The van der Waals surface area contributed by atoms with Gasteiger partial charge >= 0.3 is 0 Å². The van der Waals surface area contributed by atoms with Crippen molar-refractivity contribution in [1.29, 1.82) is 0 Å². The van der Waals surface area contributed by atoms with Gasteiger partial charge in [-0.2, -0.15) is 0 Å². The first-order valence-corrected chi connectivity index (χ1v) is 6.46. The molecule has 0 aromatic rings. The Hall–Kier alpha value is -0.260. The summed E-state index contributed by atoms with van der Waals surface area (Å²) < 4.78 is 0. The first-order chi connectivity index (χ1) is 6.81. The van der Waals surface area contributed by atoms with Crippen LogP contribution in [0.2, 0.25) is 0 Å². The van der Waals surface area contributed by atoms with Gasteiger partial charge in [0.2, 0.25) is 0 Å². The Labute approximate surface area is 90.8 Å². The second-order valence-electron chi connectivity index (χ2n) is 4.31. The predicted molar refractivity (Wildman–Crippen MR) is 66.7 cm³/mol. The van der Waals surface area contributed by atoms with Crippen molar-refractivity contribution in [2.45, 2.75) is 78.6 Å². The van der Waals surface area contributed by atoms with Crippen LogP contribution in [0.15, 0.2) is 11.6 Å². The monoisotopic (exact) mass is 196 g/mol. The van der Waals surface area contributed by atoms with E-state index in [1.165, 1.54) is 57.8 Å². The summed E-state index contributed by atoms with van der Waals surface area (Å²) in [4.78, 5) is 0. The average molecular weight is 196 g/mol. The topological polar surface area (TPSA) is 0 Å². The van der Waals surface area contributed by atoms with Crippen LogP contribution in [-0.4, -0.2) is 0 Å². The van der Waals surface area contributed by atoms with Crippen LogP contribution in [0.4, 0.5) is 0 Å². The molecule has 0 heteroatoms. The van der Waals surface area contributed by atoms with Crippen molar-refractivity contribution < 1.29 is 0 Å². The molecule has 0 bridgehead atoms. The van der Waals surface area contributed by atoms with Gasteiger partial charge in [0, 0.05) is 0 Å². The molecule has 84 valence electrons. The largest absolute Gasteiger partial charge is 0.0856 e. The smallest absolute Gasteiger partial charge is 0.0348 e. The van der Waals surface area contributed by atoms with E-state index in [2.05, 4.69) is 26.8 Å². The van der Waals surface area contributed by atoms with E-state index in [0.717, 1.165) is 0 Å². The molecule has 0 N–H and O–H groups in total. The Balaban J connectivity index is 3.06. The third-order valence-corrected chi connectivity index (χ3v) is 2.86. The lowest BCUT2D eigenvalue weighted by atomic mass is 10.1. The van der Waals surface area contributed by atoms with Gasteiger partial charge in [-0.3, -0.25) is 0 Å². The molecule has 0 atom stereocenters. The summed E-state index contributed by atoms with van der Waals surface area (Å²) in [6, 6.07) is 0. The van der Waals surface area contributed by atoms with Gasteiger partial charge in [-0.15, -0.1) is 0 Å². The minimum atomic E-state index is 1.22. The Morgan fingerprint density at radius 3 is 2.00 bits per heavy atom. The Morgan fingerprint density at radius 2 is 1.43 bits per heavy atom. The maximum absolute atomic E-state index is 2.41. The fraction of sp³-hybridized carbons (Fsp3) is 0.857. The maximum Gasteiger partial charge on any atom is -0.0348 e. The van der Waals surface area contributed by atoms with Crippen molar-refractivity contribution in [1.82, 2.24) is 0 Å². The molecule has 0 fully saturated rings. The maximum atomic E-state index is 2.41. The first-order valence-electron chi connectivity index (χ1n) is 6.46. The van der Waals surface area contributed by atoms with Gasteiger partial charge in [-0.05, 0) is 26.2 Å². The van der Waals surface area contributed by atoms with Gasteiger partial charge in [0.1, 0.15) is 0 Å². The second kappa shape index (κ2) is 10.8. The van der Waals surface area contributed by atoms with Crippen LogP contribution in [0.5, 0.6) is 0 Å². The number of allylic oxidation sites excluding steroid dienone is 2. The minimum Gasteiger partial charge on any atom is -0.0856 e. The highest BCUT2D eigenvalue weighted by molar-refractivity contribution is 4.96. The molecule has 0 aromatic heterocycles. The molecule has 0 aromatic carbocycles. The van der Waals surface area contributed by atoms with Gasteiger partial charge in [0.25, 0.3) is 0 Å². The van der Waals surface area contributed by atoms with Crippen molar-refractivity contribution in [3.8, 4) is 0 Å². The molecule has 0 aliphatic rings. The van der Waals surface area contributed by atoms with E-state index in [1.54, 1.807) is 5.57 Å². The van der Waals surface area contributed by atoms with Gasteiger partial charge in [-0.1, -0.05) is 64.0 Å². The fourth-order valence-corrected chi connectivity index (χ4v) is 1.59. The van der Waals surface area contributed by atoms with E-state index < -0.39 is 0 Å². The van der Waals surface area contributed by atoms with Crippen LogP contribution in [0.25, 0.3) is 0 Å². The summed E-state index contributed by atoms with van der Waals surface area (Å²) in [5.74, 6) is 0. The molecular formula is C14H28. The lowest BCUT2D eigenvalue weighted by Crippen LogP contribution is -1.79. The summed E-state index contributed by atoms with van der Waals surface area (Å²) in [5.41, 5.74) is 1.55. The lowest BCUT2D eigenvalue weighted by molar-refractivity contribution is 0.591. The fourth-order valence-electron chi connectivity index (χ4n) is 1.59. The van der Waals surface area contributed by atoms with E-state index in [0.29, 0.717) is 0 Å². The van der Waals surface area contributed by atoms with E-state index in [1.807, 2.05) is 0 Å².